The Labute approximate surface area is 148 Å². The van der Waals surface area contributed by atoms with E-state index in [2.05, 4.69) is 10.6 Å². The summed E-state index contributed by atoms with van der Waals surface area (Å²) in [5, 5.41) is 23.5. The highest BCUT2D eigenvalue weighted by atomic mass is 16.2. The minimum Gasteiger partial charge on any atom is -0.351 e. The van der Waals surface area contributed by atoms with Crippen molar-refractivity contribution in [3.8, 4) is 12.1 Å². The monoisotopic (exact) mass is 340 g/mol. The van der Waals surface area contributed by atoms with Gasteiger partial charge in [-0.25, -0.2) is 0 Å². The van der Waals surface area contributed by atoms with Crippen LogP contribution >= 0.6 is 0 Å². The van der Waals surface area contributed by atoms with Gasteiger partial charge in [-0.1, -0.05) is 24.3 Å². The van der Waals surface area contributed by atoms with Gasteiger partial charge in [0, 0.05) is 6.54 Å². The Morgan fingerprint density at radius 2 is 1.48 bits per heavy atom. The standard InChI is InChI=1S/C19H24N4O2/c1-13(23-17(25)19(4,5)12-21)15-8-6-14(7-9-15)10-22-16(24)18(2,3)11-20/h6-9,13H,10H2,1-5H3,(H,22,24)(H,23,25). The van der Waals surface area contributed by atoms with E-state index in [4.69, 9.17) is 10.5 Å². The van der Waals surface area contributed by atoms with Crippen LogP contribution in [0, 0.1) is 33.5 Å². The summed E-state index contributed by atoms with van der Waals surface area (Å²) >= 11 is 0. The van der Waals surface area contributed by atoms with Gasteiger partial charge in [0.15, 0.2) is 0 Å². The fraction of sp³-hybridized carbons (Fsp3) is 0.474. The van der Waals surface area contributed by atoms with E-state index in [0.717, 1.165) is 11.1 Å². The largest absolute Gasteiger partial charge is 0.351 e. The number of amides is 2. The normalized spacial score (nSPS) is 12.4. The molecule has 6 nitrogen and oxygen atoms in total. The van der Waals surface area contributed by atoms with Gasteiger partial charge < -0.3 is 10.6 Å². The molecule has 1 aromatic rings. The van der Waals surface area contributed by atoms with Gasteiger partial charge in [-0.3, -0.25) is 9.59 Å². The summed E-state index contributed by atoms with van der Waals surface area (Å²) in [7, 11) is 0. The lowest BCUT2D eigenvalue weighted by Gasteiger charge is -2.20. The van der Waals surface area contributed by atoms with E-state index in [0.29, 0.717) is 6.54 Å². The lowest BCUT2D eigenvalue weighted by Crippen LogP contribution is -2.37. The van der Waals surface area contributed by atoms with Crippen molar-refractivity contribution in [3.05, 3.63) is 35.4 Å². The molecular weight excluding hydrogens is 316 g/mol. The summed E-state index contributed by atoms with van der Waals surface area (Å²) in [6, 6.07) is 11.1. The fourth-order valence-electron chi connectivity index (χ4n) is 1.89. The average molecular weight is 340 g/mol. The van der Waals surface area contributed by atoms with E-state index in [9.17, 15) is 9.59 Å². The van der Waals surface area contributed by atoms with Crippen molar-refractivity contribution >= 4 is 11.8 Å². The van der Waals surface area contributed by atoms with E-state index in [1.165, 1.54) is 0 Å². The maximum atomic E-state index is 12.0. The van der Waals surface area contributed by atoms with E-state index in [1.54, 1.807) is 27.7 Å². The number of nitrogens with zero attached hydrogens (tertiary/aromatic N) is 2. The van der Waals surface area contributed by atoms with Gasteiger partial charge in [0.2, 0.25) is 11.8 Å². The molecule has 1 aromatic carbocycles. The summed E-state index contributed by atoms with van der Waals surface area (Å²) in [4.78, 5) is 23.9. The minimum absolute atomic E-state index is 0.235. The second-order valence-corrected chi connectivity index (χ2v) is 7.09. The first-order valence-electron chi connectivity index (χ1n) is 8.04. The number of carbonyl (C=O) groups is 2. The zero-order chi connectivity index (χ0) is 19.3. The zero-order valence-electron chi connectivity index (χ0n) is 15.3. The Hall–Kier alpha value is -2.86. The van der Waals surface area contributed by atoms with Crippen LogP contribution < -0.4 is 10.6 Å². The minimum atomic E-state index is -1.08. The van der Waals surface area contributed by atoms with Crippen LogP contribution in [-0.2, 0) is 16.1 Å². The predicted molar refractivity (Wildman–Crippen MR) is 93.6 cm³/mol. The fourth-order valence-corrected chi connectivity index (χ4v) is 1.89. The number of hydrogen-bond acceptors (Lipinski definition) is 4. The number of rotatable bonds is 6. The topological polar surface area (TPSA) is 106 Å². The number of benzene rings is 1. The van der Waals surface area contributed by atoms with Crippen LogP contribution in [0.5, 0.6) is 0 Å². The first kappa shape index (κ1) is 20.2. The van der Waals surface area contributed by atoms with Crippen molar-refractivity contribution in [2.45, 2.75) is 47.2 Å². The molecule has 0 saturated carbocycles. The molecule has 1 unspecified atom stereocenters. The first-order chi connectivity index (χ1) is 11.5. The van der Waals surface area contributed by atoms with Crippen LogP contribution in [-0.4, -0.2) is 11.8 Å². The van der Waals surface area contributed by atoms with Crippen LogP contribution in [0.2, 0.25) is 0 Å². The van der Waals surface area contributed by atoms with Crippen molar-refractivity contribution in [3.63, 3.8) is 0 Å². The third-order valence-corrected chi connectivity index (χ3v) is 3.97. The van der Waals surface area contributed by atoms with E-state index in [1.807, 2.05) is 43.3 Å². The van der Waals surface area contributed by atoms with E-state index < -0.39 is 10.8 Å². The molecule has 2 N–H and O–H groups in total. The molecule has 0 bridgehead atoms. The third kappa shape index (κ3) is 5.32. The predicted octanol–water partition coefficient (Wildman–Crippen LogP) is 2.58. The highest BCUT2D eigenvalue weighted by Gasteiger charge is 2.28. The molecule has 2 amide bonds. The van der Waals surface area contributed by atoms with Gasteiger partial charge in [0.1, 0.15) is 10.8 Å². The van der Waals surface area contributed by atoms with Crippen molar-refractivity contribution in [2.75, 3.05) is 0 Å². The first-order valence-corrected chi connectivity index (χ1v) is 8.04. The van der Waals surface area contributed by atoms with Crippen molar-refractivity contribution < 1.29 is 9.59 Å². The maximum Gasteiger partial charge on any atom is 0.240 e. The lowest BCUT2D eigenvalue weighted by atomic mass is 9.93. The van der Waals surface area contributed by atoms with Gasteiger partial charge in [-0.05, 0) is 45.7 Å². The summed E-state index contributed by atoms with van der Waals surface area (Å²) in [6.07, 6.45) is 0. The van der Waals surface area contributed by atoms with Crippen LogP contribution in [0.4, 0.5) is 0 Å². The number of hydrogen-bond donors (Lipinski definition) is 2. The van der Waals surface area contributed by atoms with Gasteiger partial charge in [0.05, 0.1) is 18.2 Å². The Balaban J connectivity index is 2.68. The zero-order valence-corrected chi connectivity index (χ0v) is 15.3. The Morgan fingerprint density at radius 1 is 1.00 bits per heavy atom. The van der Waals surface area contributed by atoms with Gasteiger partial charge >= 0.3 is 0 Å². The van der Waals surface area contributed by atoms with Crippen LogP contribution in [0.3, 0.4) is 0 Å². The number of carbonyl (C=O) groups excluding carboxylic acids is 2. The number of nitriles is 2. The summed E-state index contributed by atoms with van der Waals surface area (Å²) < 4.78 is 0. The molecule has 0 spiro atoms. The molecule has 0 fully saturated rings. The maximum absolute atomic E-state index is 12.0. The molecule has 0 aliphatic carbocycles. The van der Waals surface area contributed by atoms with Gasteiger partial charge in [-0.2, -0.15) is 10.5 Å². The van der Waals surface area contributed by atoms with Crippen LogP contribution in [0.15, 0.2) is 24.3 Å². The molecule has 0 saturated heterocycles. The molecule has 1 atom stereocenters. The molecule has 0 aromatic heterocycles. The molecule has 0 heterocycles. The molecule has 6 heteroatoms. The molecule has 1 rings (SSSR count). The molecular formula is C19H24N4O2. The van der Waals surface area contributed by atoms with Crippen LogP contribution in [0.1, 0.15) is 51.8 Å². The van der Waals surface area contributed by atoms with E-state index in [-0.39, 0.29) is 17.9 Å². The summed E-state index contributed by atoms with van der Waals surface area (Å²) in [6.45, 7) is 8.45. The Bertz CT molecular complexity index is 721. The SMILES string of the molecule is CC(NC(=O)C(C)(C)C#N)c1ccc(CNC(=O)C(C)(C)C#N)cc1. The molecule has 0 aliphatic rings. The van der Waals surface area contributed by atoms with Gasteiger partial charge in [0.25, 0.3) is 0 Å². The second kappa shape index (κ2) is 7.81. The van der Waals surface area contributed by atoms with E-state index >= 15 is 0 Å². The molecule has 132 valence electrons. The van der Waals surface area contributed by atoms with Crippen molar-refractivity contribution in [1.29, 1.82) is 10.5 Å². The molecule has 0 radical (unpaired) electrons. The molecule has 0 aliphatic heterocycles. The van der Waals surface area contributed by atoms with Crippen molar-refractivity contribution in [1.82, 2.24) is 10.6 Å². The Kier molecular flexibility index (Phi) is 6.30. The Morgan fingerprint density at radius 3 is 1.96 bits per heavy atom. The average Bonchev–Trinajstić information content (AvgIpc) is 2.59. The van der Waals surface area contributed by atoms with Gasteiger partial charge in [-0.15, -0.1) is 0 Å². The highest BCUT2D eigenvalue weighted by molar-refractivity contribution is 5.85. The number of nitrogens with one attached hydrogen (secondary N) is 2. The second-order valence-electron chi connectivity index (χ2n) is 7.09. The summed E-state index contributed by atoms with van der Waals surface area (Å²) in [5.74, 6) is -0.643. The smallest absolute Gasteiger partial charge is 0.240 e. The van der Waals surface area contributed by atoms with Crippen molar-refractivity contribution in [2.24, 2.45) is 10.8 Å². The quantitative estimate of drug-likeness (QED) is 0.830. The lowest BCUT2D eigenvalue weighted by molar-refractivity contribution is -0.128. The van der Waals surface area contributed by atoms with Crippen LogP contribution in [0.25, 0.3) is 0 Å². The third-order valence-electron chi connectivity index (χ3n) is 3.97. The molecule has 25 heavy (non-hydrogen) atoms. The highest BCUT2D eigenvalue weighted by Crippen LogP contribution is 2.19. The summed E-state index contributed by atoms with van der Waals surface area (Å²) in [5.41, 5.74) is -0.352.